The van der Waals surface area contributed by atoms with E-state index in [1.54, 1.807) is 0 Å². The van der Waals surface area contributed by atoms with Gasteiger partial charge in [0.25, 0.3) is 0 Å². The smallest absolute Gasteiger partial charge is 0.137 e. The van der Waals surface area contributed by atoms with Crippen molar-refractivity contribution in [3.63, 3.8) is 0 Å². The summed E-state index contributed by atoms with van der Waals surface area (Å²) in [6, 6.07) is 71.6. The molecule has 406 valence electrons. The standard InChI is InChI=1S/C75H80N4O/c1-70(2,3)53-34-37-65-62(43-53)61-36-35-60(46-66(61)79(65)69-44-54(38-39-76-69)73(10,11)50-26-19-16-20-27-50)80-59-33-25-32-57(45-59)77-49-78(68-48-64(72(7,8)9)63(47-67(68)77)71(4,5)6)58-41-55(74(12,13)51-28-21-17-22-29-51)40-56(42-58)75(14,15)52-30-23-18-24-31-52/h16-48H,49H2,1-15H3. The van der Waals surface area contributed by atoms with E-state index in [1.165, 1.54) is 72.5 Å². The number of hydrogen-bond donors (Lipinski definition) is 0. The Bertz CT molecular complexity index is 3850. The molecular weight excluding hydrogens is 973 g/mol. The SMILES string of the molecule is CC(C)(C)c1ccc2c(c1)c1ccc(Oc3cccc(N4CN(c5cc(C(C)(C)c6ccccc6)cc(C(C)(C)c6ccccc6)c5)c5cc(C(C)(C)C)c(C(C)(C)C)cc54)c3)cc1n2-c1cc(C(C)(C)c2ccccc2)ccn1. The summed E-state index contributed by atoms with van der Waals surface area (Å²) in [4.78, 5) is 10.1. The van der Waals surface area contributed by atoms with Crippen LogP contribution < -0.4 is 14.5 Å². The maximum atomic E-state index is 7.05. The highest BCUT2D eigenvalue weighted by molar-refractivity contribution is 6.10. The van der Waals surface area contributed by atoms with Crippen LogP contribution in [0.4, 0.5) is 22.7 Å². The fourth-order valence-electron chi connectivity index (χ4n) is 12.1. The maximum absolute atomic E-state index is 7.05. The average molecular weight is 1050 g/mol. The Morgan fingerprint density at radius 1 is 0.350 bits per heavy atom. The second-order valence-electron chi connectivity index (χ2n) is 27.1. The first-order valence-corrected chi connectivity index (χ1v) is 28.7. The Balaban J connectivity index is 1.03. The molecule has 0 N–H and O–H groups in total. The van der Waals surface area contributed by atoms with Gasteiger partial charge in [0.2, 0.25) is 0 Å². The molecule has 8 aromatic carbocycles. The molecule has 1 aliphatic heterocycles. The van der Waals surface area contributed by atoms with Gasteiger partial charge in [0.1, 0.15) is 24.0 Å². The highest BCUT2D eigenvalue weighted by atomic mass is 16.5. The summed E-state index contributed by atoms with van der Waals surface area (Å²) >= 11 is 0. The number of anilines is 4. The Kier molecular flexibility index (Phi) is 13.3. The number of fused-ring (bicyclic) bond motifs is 4. The lowest BCUT2D eigenvalue weighted by Gasteiger charge is -2.34. The van der Waals surface area contributed by atoms with Crippen molar-refractivity contribution in [2.24, 2.45) is 0 Å². The number of hydrogen-bond acceptors (Lipinski definition) is 4. The molecule has 0 radical (unpaired) electrons. The van der Waals surface area contributed by atoms with Gasteiger partial charge in [-0.15, -0.1) is 0 Å². The number of aromatic nitrogens is 2. The summed E-state index contributed by atoms with van der Waals surface area (Å²) in [5, 5.41) is 2.35. The zero-order valence-corrected chi connectivity index (χ0v) is 50.0. The van der Waals surface area contributed by atoms with Gasteiger partial charge in [0.05, 0.1) is 22.4 Å². The minimum atomic E-state index is -0.272. The second kappa shape index (κ2) is 19.7. The van der Waals surface area contributed by atoms with E-state index in [2.05, 4.69) is 312 Å². The van der Waals surface area contributed by atoms with Crippen molar-refractivity contribution in [1.82, 2.24) is 9.55 Å². The molecule has 0 amide bonds. The third-order valence-corrected chi connectivity index (χ3v) is 17.4. The molecule has 11 rings (SSSR count). The van der Waals surface area contributed by atoms with Gasteiger partial charge in [0, 0.05) is 56.7 Å². The Labute approximate surface area is 476 Å². The van der Waals surface area contributed by atoms with Crippen molar-refractivity contribution in [3.8, 4) is 17.3 Å². The van der Waals surface area contributed by atoms with Crippen LogP contribution in [0.5, 0.6) is 11.5 Å². The molecule has 5 heteroatoms. The number of nitrogens with zero attached hydrogens (tertiary/aromatic N) is 4. The van der Waals surface area contributed by atoms with Crippen LogP contribution in [-0.2, 0) is 32.5 Å². The van der Waals surface area contributed by atoms with Crippen molar-refractivity contribution in [1.29, 1.82) is 0 Å². The fraction of sp³-hybridized carbons (Fsp3) is 0.293. The first-order chi connectivity index (χ1) is 37.8. The van der Waals surface area contributed by atoms with E-state index in [9.17, 15) is 0 Å². The number of ether oxygens (including phenoxy) is 1. The molecular formula is C75H80N4O. The third kappa shape index (κ3) is 9.88. The van der Waals surface area contributed by atoms with Gasteiger partial charge < -0.3 is 14.5 Å². The van der Waals surface area contributed by atoms with E-state index in [4.69, 9.17) is 9.72 Å². The zero-order chi connectivity index (χ0) is 56.7. The van der Waals surface area contributed by atoms with Gasteiger partial charge in [-0.2, -0.15) is 0 Å². The van der Waals surface area contributed by atoms with E-state index in [0.29, 0.717) is 6.67 Å². The van der Waals surface area contributed by atoms with Crippen LogP contribution in [0.25, 0.3) is 27.6 Å². The first-order valence-electron chi connectivity index (χ1n) is 28.7. The maximum Gasteiger partial charge on any atom is 0.137 e. The van der Waals surface area contributed by atoms with Crippen LogP contribution in [0.1, 0.15) is 154 Å². The predicted octanol–water partition coefficient (Wildman–Crippen LogP) is 20.1. The van der Waals surface area contributed by atoms with Gasteiger partial charge in [-0.25, -0.2) is 4.98 Å². The molecule has 0 fully saturated rings. The zero-order valence-electron chi connectivity index (χ0n) is 50.0. The summed E-state index contributed by atoms with van der Waals surface area (Å²) in [7, 11) is 0. The molecule has 0 bridgehead atoms. The quantitative estimate of drug-likeness (QED) is 0.129. The Morgan fingerprint density at radius 2 is 0.863 bits per heavy atom. The van der Waals surface area contributed by atoms with Gasteiger partial charge in [0.15, 0.2) is 0 Å². The van der Waals surface area contributed by atoms with Crippen LogP contribution in [-0.4, -0.2) is 16.2 Å². The molecule has 80 heavy (non-hydrogen) atoms. The third-order valence-electron chi connectivity index (χ3n) is 17.4. The van der Waals surface area contributed by atoms with Crippen molar-refractivity contribution >= 4 is 44.6 Å². The van der Waals surface area contributed by atoms with Crippen molar-refractivity contribution < 1.29 is 4.74 Å². The molecule has 0 unspecified atom stereocenters. The van der Waals surface area contributed by atoms with Crippen LogP contribution >= 0.6 is 0 Å². The predicted molar refractivity (Wildman–Crippen MR) is 339 cm³/mol. The fourth-order valence-corrected chi connectivity index (χ4v) is 12.1. The molecule has 10 aromatic rings. The minimum absolute atomic E-state index is 0.0177. The molecule has 0 atom stereocenters. The first kappa shape index (κ1) is 54.1. The molecule has 3 heterocycles. The van der Waals surface area contributed by atoms with Crippen LogP contribution in [0.15, 0.2) is 200 Å². The summed E-state index contributed by atoms with van der Waals surface area (Å²) in [6.45, 7) is 35.6. The highest BCUT2D eigenvalue weighted by Gasteiger charge is 2.37. The van der Waals surface area contributed by atoms with Gasteiger partial charge >= 0.3 is 0 Å². The van der Waals surface area contributed by atoms with E-state index in [1.807, 2.05) is 6.20 Å². The molecule has 2 aromatic heterocycles. The Morgan fingerprint density at radius 3 is 1.39 bits per heavy atom. The van der Waals surface area contributed by atoms with Crippen molar-refractivity contribution in [2.45, 2.75) is 136 Å². The normalized spacial score (nSPS) is 13.6. The van der Waals surface area contributed by atoms with E-state index < -0.39 is 0 Å². The number of rotatable bonds is 11. The number of benzene rings is 8. The van der Waals surface area contributed by atoms with Crippen molar-refractivity contribution in [2.75, 3.05) is 16.5 Å². The summed E-state index contributed by atoms with van der Waals surface area (Å²) in [5.41, 5.74) is 17.4. The molecule has 0 saturated carbocycles. The summed E-state index contributed by atoms with van der Waals surface area (Å²) in [6.07, 6.45) is 1.96. The lowest BCUT2D eigenvalue weighted by molar-refractivity contribution is 0.483. The average Bonchev–Trinajstić information content (AvgIpc) is 4.02. The lowest BCUT2D eigenvalue weighted by Crippen LogP contribution is -2.27. The Hall–Kier alpha value is -7.89. The lowest BCUT2D eigenvalue weighted by atomic mass is 9.73. The summed E-state index contributed by atoms with van der Waals surface area (Å²) < 4.78 is 9.37. The largest absolute Gasteiger partial charge is 0.457 e. The summed E-state index contributed by atoms with van der Waals surface area (Å²) in [5.74, 6) is 2.40. The molecule has 0 spiro atoms. The second-order valence-corrected chi connectivity index (χ2v) is 27.1. The number of pyridine rings is 1. The minimum Gasteiger partial charge on any atom is -0.457 e. The molecule has 5 nitrogen and oxygen atoms in total. The van der Waals surface area contributed by atoms with E-state index in [-0.39, 0.29) is 32.5 Å². The molecule has 0 saturated heterocycles. The van der Waals surface area contributed by atoms with Gasteiger partial charge in [-0.05, 0) is 139 Å². The van der Waals surface area contributed by atoms with Gasteiger partial charge in [-0.1, -0.05) is 213 Å². The van der Waals surface area contributed by atoms with E-state index in [0.717, 1.165) is 39.4 Å². The van der Waals surface area contributed by atoms with Gasteiger partial charge in [-0.3, -0.25) is 4.57 Å². The van der Waals surface area contributed by atoms with Crippen LogP contribution in [0.2, 0.25) is 0 Å². The van der Waals surface area contributed by atoms with Crippen LogP contribution in [0.3, 0.4) is 0 Å². The van der Waals surface area contributed by atoms with Crippen LogP contribution in [0, 0.1) is 0 Å². The van der Waals surface area contributed by atoms with Crippen molar-refractivity contribution in [3.05, 3.63) is 250 Å². The molecule has 0 aliphatic carbocycles. The molecule has 1 aliphatic rings. The highest BCUT2D eigenvalue weighted by Crippen LogP contribution is 2.51. The topological polar surface area (TPSA) is 33.5 Å². The monoisotopic (exact) mass is 1050 g/mol. The van der Waals surface area contributed by atoms with E-state index >= 15 is 0 Å².